The lowest BCUT2D eigenvalue weighted by atomic mass is 10.0. The maximum absolute atomic E-state index is 5.41. The van der Waals surface area contributed by atoms with Gasteiger partial charge in [0.1, 0.15) is 0 Å². The van der Waals surface area contributed by atoms with Gasteiger partial charge < -0.3 is 5.32 Å². The molecule has 1 atom stereocenters. The summed E-state index contributed by atoms with van der Waals surface area (Å²) in [7, 11) is 0. The lowest BCUT2D eigenvalue weighted by Gasteiger charge is -2.20. The molecular formula is C40H27N3S. The standard InChI is InChI=1S/C40H27N3S/c1-3-10-26(11-4-1)28-18-20-30-31-21-19-29(27-12-5-2-6-13-27)25-37(31)43(36(30)24-28)40-41-23-22-35(42-40)34-16-9-15-33-32-14-7-8-17-38(32)44-39(33)34/h1-25,35H,(H,41,42). The molecule has 3 heterocycles. The van der Waals surface area contributed by atoms with Crippen LogP contribution in [-0.4, -0.2) is 10.5 Å². The highest BCUT2D eigenvalue weighted by Crippen LogP contribution is 2.40. The summed E-state index contributed by atoms with van der Waals surface area (Å²) in [6.45, 7) is 0. The Morgan fingerprint density at radius 2 is 1.16 bits per heavy atom. The number of fused-ring (bicyclic) bond motifs is 6. The van der Waals surface area contributed by atoms with Crippen LogP contribution in [0.15, 0.2) is 157 Å². The second kappa shape index (κ2) is 10.1. The van der Waals surface area contributed by atoms with Gasteiger partial charge in [0.25, 0.3) is 0 Å². The lowest BCUT2D eigenvalue weighted by molar-refractivity contribution is 0.859. The molecule has 0 aliphatic carbocycles. The zero-order valence-corrected chi connectivity index (χ0v) is 24.6. The van der Waals surface area contributed by atoms with Crippen LogP contribution in [0.4, 0.5) is 0 Å². The minimum atomic E-state index is -0.106. The van der Waals surface area contributed by atoms with Crippen LogP contribution in [0, 0.1) is 0 Å². The van der Waals surface area contributed by atoms with Crippen molar-refractivity contribution in [3.8, 4) is 22.3 Å². The molecule has 0 saturated heterocycles. The van der Waals surface area contributed by atoms with Crippen LogP contribution in [0.2, 0.25) is 0 Å². The van der Waals surface area contributed by atoms with Gasteiger partial charge >= 0.3 is 0 Å². The third-order valence-electron chi connectivity index (χ3n) is 8.70. The molecule has 0 radical (unpaired) electrons. The van der Waals surface area contributed by atoms with E-state index in [4.69, 9.17) is 4.99 Å². The second-order valence-electron chi connectivity index (χ2n) is 11.3. The van der Waals surface area contributed by atoms with E-state index in [1.54, 1.807) is 0 Å². The molecule has 3 nitrogen and oxygen atoms in total. The van der Waals surface area contributed by atoms with Gasteiger partial charge in [0.05, 0.1) is 17.1 Å². The summed E-state index contributed by atoms with van der Waals surface area (Å²) in [6, 6.07) is 50.0. The van der Waals surface area contributed by atoms with E-state index in [-0.39, 0.29) is 6.04 Å². The predicted molar refractivity (Wildman–Crippen MR) is 187 cm³/mol. The van der Waals surface area contributed by atoms with Gasteiger partial charge in [-0.2, -0.15) is 0 Å². The van der Waals surface area contributed by atoms with E-state index < -0.39 is 0 Å². The number of aliphatic imine (C=N–C) groups is 1. The van der Waals surface area contributed by atoms with Crippen LogP contribution >= 0.6 is 11.3 Å². The van der Waals surface area contributed by atoms with E-state index in [1.165, 1.54) is 58.8 Å². The third-order valence-corrected chi connectivity index (χ3v) is 9.93. The highest BCUT2D eigenvalue weighted by Gasteiger charge is 2.22. The number of nitrogens with one attached hydrogen (secondary N) is 1. The van der Waals surface area contributed by atoms with Gasteiger partial charge in [-0.25, -0.2) is 4.99 Å². The Labute approximate surface area is 259 Å². The smallest absolute Gasteiger partial charge is 0.208 e. The van der Waals surface area contributed by atoms with Crippen molar-refractivity contribution >= 4 is 59.3 Å². The van der Waals surface area contributed by atoms with Crippen molar-refractivity contribution in [2.75, 3.05) is 0 Å². The molecule has 2 aromatic heterocycles. The van der Waals surface area contributed by atoms with Crippen molar-refractivity contribution in [2.45, 2.75) is 6.04 Å². The first kappa shape index (κ1) is 25.1. The first-order valence-electron chi connectivity index (χ1n) is 14.9. The van der Waals surface area contributed by atoms with E-state index >= 15 is 0 Å². The summed E-state index contributed by atoms with van der Waals surface area (Å²) >= 11 is 1.85. The van der Waals surface area contributed by atoms with Gasteiger partial charge in [0, 0.05) is 37.1 Å². The van der Waals surface area contributed by atoms with Crippen molar-refractivity contribution in [2.24, 2.45) is 4.99 Å². The van der Waals surface area contributed by atoms with E-state index in [1.807, 2.05) is 11.3 Å². The summed E-state index contributed by atoms with van der Waals surface area (Å²) in [5, 5.41) is 8.56. The van der Waals surface area contributed by atoms with Crippen molar-refractivity contribution in [3.63, 3.8) is 0 Å². The van der Waals surface area contributed by atoms with Gasteiger partial charge in [-0.3, -0.25) is 4.57 Å². The first-order valence-corrected chi connectivity index (χ1v) is 15.7. The number of rotatable bonds is 3. The Bertz CT molecular complexity index is 2320. The number of benzene rings is 6. The van der Waals surface area contributed by atoms with E-state index in [0.717, 1.165) is 17.0 Å². The molecule has 1 unspecified atom stereocenters. The Kier molecular flexibility index (Phi) is 5.75. The van der Waals surface area contributed by atoms with Crippen molar-refractivity contribution in [3.05, 3.63) is 157 Å². The maximum Gasteiger partial charge on any atom is 0.208 e. The molecule has 9 rings (SSSR count). The molecule has 1 N–H and O–H groups in total. The number of thiophene rings is 1. The molecule has 0 bridgehead atoms. The van der Waals surface area contributed by atoms with Crippen LogP contribution in [0.5, 0.6) is 0 Å². The quantitative estimate of drug-likeness (QED) is 0.221. The van der Waals surface area contributed by atoms with Crippen LogP contribution in [-0.2, 0) is 0 Å². The minimum Gasteiger partial charge on any atom is -0.332 e. The van der Waals surface area contributed by atoms with Gasteiger partial charge in [-0.15, -0.1) is 11.3 Å². The summed E-state index contributed by atoms with van der Waals surface area (Å²) in [4.78, 5) is 5.41. The fraction of sp³-hybridized carbons (Fsp3) is 0.0250. The summed E-state index contributed by atoms with van der Waals surface area (Å²) in [6.07, 6.45) is 4.22. The van der Waals surface area contributed by atoms with Crippen LogP contribution in [0.3, 0.4) is 0 Å². The Morgan fingerprint density at radius 1 is 0.545 bits per heavy atom. The Morgan fingerprint density at radius 3 is 1.84 bits per heavy atom. The van der Waals surface area contributed by atoms with Gasteiger partial charge in [0.2, 0.25) is 5.96 Å². The maximum atomic E-state index is 5.41. The highest BCUT2D eigenvalue weighted by molar-refractivity contribution is 7.26. The monoisotopic (exact) mass is 581 g/mol. The van der Waals surface area contributed by atoms with Gasteiger partial charge in [-0.1, -0.05) is 121 Å². The van der Waals surface area contributed by atoms with Gasteiger partial charge in [0.15, 0.2) is 0 Å². The van der Waals surface area contributed by atoms with Gasteiger partial charge in [-0.05, 0) is 52.1 Å². The number of hydrogen-bond donors (Lipinski definition) is 1. The highest BCUT2D eigenvalue weighted by atomic mass is 32.1. The van der Waals surface area contributed by atoms with Crippen molar-refractivity contribution in [1.29, 1.82) is 0 Å². The Hall–Kier alpha value is -5.45. The predicted octanol–water partition coefficient (Wildman–Crippen LogP) is 10.6. The SMILES string of the molecule is C1=CC(c2cccc3c2sc2ccccc23)N=C(n2c3cc(-c4ccccc4)ccc3c3ccc(-c4ccccc4)cc32)N1. The summed E-state index contributed by atoms with van der Waals surface area (Å²) < 4.78 is 4.92. The zero-order chi connectivity index (χ0) is 29.0. The van der Waals surface area contributed by atoms with Crippen molar-refractivity contribution < 1.29 is 0 Å². The number of aromatic nitrogens is 1. The lowest BCUT2D eigenvalue weighted by Crippen LogP contribution is -2.29. The molecule has 0 spiro atoms. The van der Waals surface area contributed by atoms with Crippen molar-refractivity contribution in [1.82, 2.24) is 9.88 Å². The molecule has 0 amide bonds. The molecular weight excluding hydrogens is 555 g/mol. The second-order valence-corrected chi connectivity index (χ2v) is 12.3. The zero-order valence-electron chi connectivity index (χ0n) is 23.8. The minimum absolute atomic E-state index is 0.106. The average molecular weight is 582 g/mol. The molecule has 4 heteroatoms. The molecule has 1 aliphatic heterocycles. The topological polar surface area (TPSA) is 29.3 Å². The molecule has 8 aromatic rings. The number of nitrogens with zero attached hydrogens (tertiary/aromatic N) is 2. The van der Waals surface area contributed by atoms with Crippen LogP contribution in [0.1, 0.15) is 11.6 Å². The normalized spacial score (nSPS) is 14.8. The first-order chi connectivity index (χ1) is 21.8. The summed E-state index contributed by atoms with van der Waals surface area (Å²) in [5.74, 6) is 0.825. The Balaban J connectivity index is 1.27. The molecule has 6 aromatic carbocycles. The molecule has 1 aliphatic rings. The fourth-order valence-electron chi connectivity index (χ4n) is 6.59. The van der Waals surface area contributed by atoms with E-state index in [0.29, 0.717) is 0 Å². The molecule has 208 valence electrons. The van der Waals surface area contributed by atoms with E-state index in [9.17, 15) is 0 Å². The molecule has 44 heavy (non-hydrogen) atoms. The summed E-state index contributed by atoms with van der Waals surface area (Å²) in [5.41, 5.74) is 8.26. The van der Waals surface area contributed by atoms with Crippen LogP contribution < -0.4 is 5.32 Å². The van der Waals surface area contributed by atoms with Crippen LogP contribution in [0.25, 0.3) is 64.2 Å². The van der Waals surface area contributed by atoms with E-state index in [2.05, 4.69) is 162 Å². The number of hydrogen-bond acceptors (Lipinski definition) is 3. The average Bonchev–Trinajstić information content (AvgIpc) is 3.64. The third kappa shape index (κ3) is 3.99. The fourth-order valence-corrected chi connectivity index (χ4v) is 7.84. The molecule has 0 saturated carbocycles. The largest absolute Gasteiger partial charge is 0.332 e. The molecule has 0 fully saturated rings.